The Morgan fingerprint density at radius 3 is 2.35 bits per heavy atom. The molecule has 6 heteroatoms. The lowest BCUT2D eigenvalue weighted by Gasteiger charge is -2.06. The molecule has 1 aromatic heterocycles. The zero-order valence-electron chi connectivity index (χ0n) is 12.5. The van der Waals surface area contributed by atoms with Crippen LogP contribution in [0, 0.1) is 6.92 Å². The lowest BCUT2D eigenvalue weighted by atomic mass is 10.1. The molecule has 1 heterocycles. The second-order valence-electron chi connectivity index (χ2n) is 5.00. The van der Waals surface area contributed by atoms with E-state index in [1.165, 1.54) is 0 Å². The quantitative estimate of drug-likeness (QED) is 0.614. The molecule has 2 aromatic carbocycles. The van der Waals surface area contributed by atoms with Crippen molar-refractivity contribution in [2.75, 3.05) is 7.11 Å². The Labute approximate surface area is 149 Å². The van der Waals surface area contributed by atoms with Crippen molar-refractivity contribution < 1.29 is 4.74 Å². The number of rotatable bonds is 3. The molecule has 118 valence electrons. The summed E-state index contributed by atoms with van der Waals surface area (Å²) in [7, 11) is 1.63. The summed E-state index contributed by atoms with van der Waals surface area (Å²) in [5.41, 5.74) is 3.21. The van der Waals surface area contributed by atoms with Crippen molar-refractivity contribution in [3.05, 3.63) is 57.2 Å². The molecule has 0 unspecified atom stereocenters. The van der Waals surface area contributed by atoms with Gasteiger partial charge in [-0.1, -0.05) is 46.9 Å². The fourth-order valence-corrected chi connectivity index (χ4v) is 3.45. The number of para-hydroxylation sites is 1. The van der Waals surface area contributed by atoms with E-state index in [1.54, 1.807) is 19.2 Å². The van der Waals surface area contributed by atoms with E-state index in [1.807, 2.05) is 31.2 Å². The number of halogens is 3. The lowest BCUT2D eigenvalue weighted by molar-refractivity contribution is 0.416. The zero-order chi connectivity index (χ0) is 16.6. The molecule has 23 heavy (non-hydrogen) atoms. The van der Waals surface area contributed by atoms with E-state index in [-0.39, 0.29) is 0 Å². The molecule has 3 nitrogen and oxygen atoms in total. The third-order valence-electron chi connectivity index (χ3n) is 3.49. The maximum absolute atomic E-state index is 6.28. The number of aryl methyl sites for hydroxylation is 1. The van der Waals surface area contributed by atoms with Gasteiger partial charge in [-0.15, -0.1) is 0 Å². The van der Waals surface area contributed by atoms with Crippen molar-refractivity contribution in [1.82, 2.24) is 9.97 Å². The molecule has 0 saturated heterocycles. The first-order valence-electron chi connectivity index (χ1n) is 6.86. The van der Waals surface area contributed by atoms with Gasteiger partial charge in [0.15, 0.2) is 0 Å². The molecule has 0 radical (unpaired) electrons. The van der Waals surface area contributed by atoms with Crippen molar-refractivity contribution in [3.63, 3.8) is 0 Å². The normalized spacial score (nSPS) is 10.8. The Hall–Kier alpha value is -1.68. The highest BCUT2D eigenvalue weighted by molar-refractivity contribution is 6.41. The van der Waals surface area contributed by atoms with E-state index < -0.39 is 0 Å². The van der Waals surface area contributed by atoms with Gasteiger partial charge in [-0.05, 0) is 31.2 Å². The predicted molar refractivity (Wildman–Crippen MR) is 95.8 cm³/mol. The summed E-state index contributed by atoms with van der Waals surface area (Å²) in [6.07, 6.45) is 0. The van der Waals surface area contributed by atoms with E-state index in [0.717, 1.165) is 22.7 Å². The maximum atomic E-state index is 6.28. The van der Waals surface area contributed by atoms with Crippen LogP contribution < -0.4 is 4.74 Å². The summed E-state index contributed by atoms with van der Waals surface area (Å²) in [6, 6.07) is 11.0. The molecule has 0 bridgehead atoms. The Morgan fingerprint density at radius 2 is 1.70 bits per heavy atom. The summed E-state index contributed by atoms with van der Waals surface area (Å²) >= 11 is 18.5. The van der Waals surface area contributed by atoms with Crippen LogP contribution in [0.3, 0.4) is 0 Å². The van der Waals surface area contributed by atoms with Crippen molar-refractivity contribution in [2.24, 2.45) is 0 Å². The number of nitrogens with one attached hydrogen (secondary N) is 1. The monoisotopic (exact) mass is 366 g/mol. The van der Waals surface area contributed by atoms with Crippen LogP contribution in [0.15, 0.2) is 36.4 Å². The maximum Gasteiger partial charge on any atom is 0.141 e. The predicted octanol–water partition coefficient (Wildman–Crippen LogP) is 6.02. The van der Waals surface area contributed by atoms with Gasteiger partial charge in [0.05, 0.1) is 28.4 Å². The molecule has 3 rings (SSSR count). The molecule has 0 saturated carbocycles. The van der Waals surface area contributed by atoms with Gasteiger partial charge in [0.1, 0.15) is 11.6 Å². The number of hydrogen-bond donors (Lipinski definition) is 1. The molecule has 0 aliphatic rings. The van der Waals surface area contributed by atoms with Gasteiger partial charge in [0.2, 0.25) is 0 Å². The van der Waals surface area contributed by atoms with Gasteiger partial charge in [0, 0.05) is 16.3 Å². The summed E-state index contributed by atoms with van der Waals surface area (Å²) in [4.78, 5) is 7.90. The van der Waals surface area contributed by atoms with Gasteiger partial charge in [0.25, 0.3) is 0 Å². The van der Waals surface area contributed by atoms with Crippen molar-refractivity contribution in [2.45, 2.75) is 6.92 Å². The van der Waals surface area contributed by atoms with Gasteiger partial charge < -0.3 is 9.72 Å². The Kier molecular flexibility index (Phi) is 4.53. The summed E-state index contributed by atoms with van der Waals surface area (Å²) in [5, 5.41) is 1.38. The number of hydrogen-bond acceptors (Lipinski definition) is 2. The number of methoxy groups -OCH3 is 1. The highest BCUT2D eigenvalue weighted by Gasteiger charge is 2.18. The summed E-state index contributed by atoms with van der Waals surface area (Å²) in [6.45, 7) is 1.94. The highest BCUT2D eigenvalue weighted by Crippen LogP contribution is 2.38. The number of aromatic nitrogens is 2. The van der Waals surface area contributed by atoms with Crippen LogP contribution >= 0.6 is 34.8 Å². The molecule has 0 spiro atoms. The molecule has 0 aliphatic carbocycles. The second kappa shape index (κ2) is 6.44. The van der Waals surface area contributed by atoms with Crippen LogP contribution in [0.2, 0.25) is 15.1 Å². The largest absolute Gasteiger partial charge is 0.496 e. The number of imidazole rings is 1. The smallest absolute Gasteiger partial charge is 0.141 e. The van der Waals surface area contributed by atoms with Gasteiger partial charge in [-0.2, -0.15) is 0 Å². The lowest BCUT2D eigenvalue weighted by Crippen LogP contribution is -1.89. The van der Waals surface area contributed by atoms with Crippen LogP contribution in [0.1, 0.15) is 5.69 Å². The van der Waals surface area contributed by atoms with E-state index in [0.29, 0.717) is 26.5 Å². The van der Waals surface area contributed by atoms with Gasteiger partial charge in [-0.3, -0.25) is 0 Å². The van der Waals surface area contributed by atoms with E-state index >= 15 is 0 Å². The molecular formula is C17H13Cl3N2O. The van der Waals surface area contributed by atoms with E-state index in [2.05, 4.69) is 9.97 Å². The Bertz CT molecular complexity index is 851. The number of ether oxygens (including phenoxy) is 1. The van der Waals surface area contributed by atoms with E-state index in [4.69, 9.17) is 39.5 Å². The van der Waals surface area contributed by atoms with Crippen molar-refractivity contribution in [3.8, 4) is 28.4 Å². The van der Waals surface area contributed by atoms with Crippen LogP contribution in [0.25, 0.3) is 22.6 Å². The van der Waals surface area contributed by atoms with Crippen LogP contribution in [0.4, 0.5) is 0 Å². The standard InChI is InChI=1S/C17H13Cl3N2O/c1-9-16(11-5-3-4-6-14(11)23-2)22-17(21-9)15-12(19)7-10(18)8-13(15)20/h3-8H,1-2H3,(H,21,22). The zero-order valence-corrected chi connectivity index (χ0v) is 14.7. The van der Waals surface area contributed by atoms with E-state index in [9.17, 15) is 0 Å². The minimum atomic E-state index is 0.447. The Balaban J connectivity index is 2.16. The van der Waals surface area contributed by atoms with Crippen molar-refractivity contribution >= 4 is 34.8 Å². The molecule has 0 fully saturated rings. The SMILES string of the molecule is COc1ccccc1-c1nc(-c2c(Cl)cc(Cl)cc2Cl)[nH]c1C. The molecular weight excluding hydrogens is 355 g/mol. The number of H-pyrrole nitrogens is 1. The summed E-state index contributed by atoms with van der Waals surface area (Å²) in [5.74, 6) is 1.34. The first-order chi connectivity index (χ1) is 11.0. The molecule has 0 amide bonds. The third kappa shape index (κ3) is 3.05. The molecule has 3 aromatic rings. The number of aromatic amines is 1. The number of nitrogens with zero attached hydrogens (tertiary/aromatic N) is 1. The van der Waals surface area contributed by atoms with Crippen molar-refractivity contribution in [1.29, 1.82) is 0 Å². The van der Waals surface area contributed by atoms with Crippen LogP contribution in [-0.2, 0) is 0 Å². The molecule has 1 N–H and O–H groups in total. The van der Waals surface area contributed by atoms with Crippen LogP contribution in [0.5, 0.6) is 5.75 Å². The second-order valence-corrected chi connectivity index (χ2v) is 6.25. The fourth-order valence-electron chi connectivity index (χ4n) is 2.45. The molecule has 0 atom stereocenters. The fraction of sp³-hybridized carbons (Fsp3) is 0.118. The third-order valence-corrected chi connectivity index (χ3v) is 4.30. The topological polar surface area (TPSA) is 37.9 Å². The van der Waals surface area contributed by atoms with Gasteiger partial charge >= 0.3 is 0 Å². The minimum absolute atomic E-state index is 0.447. The Morgan fingerprint density at radius 1 is 1.04 bits per heavy atom. The first kappa shape index (κ1) is 16.2. The van der Waals surface area contributed by atoms with Crippen LogP contribution in [-0.4, -0.2) is 17.1 Å². The average molecular weight is 368 g/mol. The average Bonchev–Trinajstić information content (AvgIpc) is 2.87. The molecule has 0 aliphatic heterocycles. The first-order valence-corrected chi connectivity index (χ1v) is 7.99. The van der Waals surface area contributed by atoms with Gasteiger partial charge in [-0.25, -0.2) is 4.98 Å². The highest BCUT2D eigenvalue weighted by atomic mass is 35.5. The number of benzene rings is 2. The minimum Gasteiger partial charge on any atom is -0.496 e. The summed E-state index contributed by atoms with van der Waals surface area (Å²) < 4.78 is 5.41.